The molecule has 1 amide bonds. The Labute approximate surface area is 144 Å². The predicted molar refractivity (Wildman–Crippen MR) is 93.3 cm³/mol. The molecule has 1 aromatic rings. The van der Waals surface area contributed by atoms with E-state index in [9.17, 15) is 4.79 Å². The Hall–Kier alpha value is -1.75. The number of fused-ring (bicyclic) bond motifs is 1. The van der Waals surface area contributed by atoms with Crippen LogP contribution in [-0.2, 0) is 11.3 Å². The Balaban J connectivity index is 1.66. The van der Waals surface area contributed by atoms with E-state index in [0.29, 0.717) is 24.8 Å². The van der Waals surface area contributed by atoms with Gasteiger partial charge in [-0.2, -0.15) is 0 Å². The summed E-state index contributed by atoms with van der Waals surface area (Å²) in [6, 6.07) is 5.83. The molecule has 1 saturated carbocycles. The van der Waals surface area contributed by atoms with Crippen molar-refractivity contribution < 1.29 is 14.3 Å². The highest BCUT2D eigenvalue weighted by atomic mass is 16.5. The molecule has 1 aromatic carbocycles. The highest BCUT2D eigenvalue weighted by Gasteiger charge is 2.49. The molecule has 0 bridgehead atoms. The molecule has 1 heterocycles. The molecule has 1 aliphatic carbocycles. The Morgan fingerprint density at radius 1 is 1.38 bits per heavy atom. The van der Waals surface area contributed by atoms with Gasteiger partial charge in [-0.15, -0.1) is 0 Å². The average molecular weight is 332 g/mol. The summed E-state index contributed by atoms with van der Waals surface area (Å²) in [6.07, 6.45) is 4.57. The van der Waals surface area contributed by atoms with Crippen LogP contribution in [-0.4, -0.2) is 32.7 Å². The minimum absolute atomic E-state index is 0.199. The fourth-order valence-corrected chi connectivity index (χ4v) is 4.15. The van der Waals surface area contributed by atoms with E-state index in [4.69, 9.17) is 9.47 Å². The van der Waals surface area contributed by atoms with Gasteiger partial charge >= 0.3 is 0 Å². The number of benzene rings is 1. The van der Waals surface area contributed by atoms with Gasteiger partial charge in [0, 0.05) is 13.1 Å². The molecular weight excluding hydrogens is 304 g/mol. The molecule has 0 unspecified atom stereocenters. The van der Waals surface area contributed by atoms with Crippen LogP contribution in [0.25, 0.3) is 0 Å². The van der Waals surface area contributed by atoms with Gasteiger partial charge in [0.05, 0.1) is 19.1 Å². The molecular formula is C19H28N2O3. The van der Waals surface area contributed by atoms with Crippen molar-refractivity contribution in [2.75, 3.05) is 26.8 Å². The Kier molecular flexibility index (Phi) is 5.29. The van der Waals surface area contributed by atoms with Gasteiger partial charge in [-0.3, -0.25) is 4.79 Å². The van der Waals surface area contributed by atoms with E-state index in [1.54, 1.807) is 7.11 Å². The zero-order chi connectivity index (χ0) is 17.0. The van der Waals surface area contributed by atoms with Crippen molar-refractivity contribution >= 4 is 5.91 Å². The van der Waals surface area contributed by atoms with Crippen LogP contribution in [0.15, 0.2) is 18.2 Å². The second kappa shape index (κ2) is 7.43. The normalized spacial score (nSPS) is 25.8. The summed E-state index contributed by atoms with van der Waals surface area (Å²) < 4.78 is 10.9. The Morgan fingerprint density at radius 3 is 3.04 bits per heavy atom. The lowest BCUT2D eigenvalue weighted by Gasteiger charge is -2.37. The molecule has 132 valence electrons. The minimum Gasteiger partial charge on any atom is -0.493 e. The standard InChI is InChI=1S/C19H28N2O3/c1-3-24-16-8-7-14(10-17(16)23-2)11-21-18(22)19-9-5-4-6-15(19)12-20-13-19/h7-8,10,15,20H,3-6,9,11-13H2,1-2H3,(H,21,22)/t15-,19+/m0/s1. The van der Waals surface area contributed by atoms with E-state index in [1.807, 2.05) is 25.1 Å². The SMILES string of the molecule is CCOc1ccc(CNC(=O)[C@@]23CCCC[C@H]2CNC3)cc1OC. The molecule has 2 atom stereocenters. The van der Waals surface area contributed by atoms with Crippen molar-refractivity contribution in [1.29, 1.82) is 0 Å². The van der Waals surface area contributed by atoms with Gasteiger partial charge in [-0.05, 0) is 49.9 Å². The summed E-state index contributed by atoms with van der Waals surface area (Å²) >= 11 is 0. The Bertz CT molecular complexity index is 590. The van der Waals surface area contributed by atoms with Crippen molar-refractivity contribution in [2.45, 2.75) is 39.2 Å². The first-order valence-electron chi connectivity index (χ1n) is 8.98. The van der Waals surface area contributed by atoms with Crippen LogP contribution in [0.5, 0.6) is 11.5 Å². The molecule has 0 spiro atoms. The average Bonchev–Trinajstić information content (AvgIpc) is 3.06. The van der Waals surface area contributed by atoms with Gasteiger partial charge < -0.3 is 20.1 Å². The fourth-order valence-electron chi connectivity index (χ4n) is 4.15. The smallest absolute Gasteiger partial charge is 0.228 e. The molecule has 2 aliphatic rings. The Morgan fingerprint density at radius 2 is 2.25 bits per heavy atom. The molecule has 1 saturated heterocycles. The van der Waals surface area contributed by atoms with E-state index in [1.165, 1.54) is 6.42 Å². The number of ether oxygens (including phenoxy) is 2. The van der Waals surface area contributed by atoms with Gasteiger partial charge in [-0.25, -0.2) is 0 Å². The maximum absolute atomic E-state index is 12.9. The summed E-state index contributed by atoms with van der Waals surface area (Å²) in [7, 11) is 1.63. The first kappa shape index (κ1) is 17.1. The van der Waals surface area contributed by atoms with Crippen molar-refractivity contribution in [3.63, 3.8) is 0 Å². The molecule has 5 heteroatoms. The van der Waals surface area contributed by atoms with Crippen LogP contribution in [0, 0.1) is 11.3 Å². The molecule has 3 rings (SSSR count). The zero-order valence-corrected chi connectivity index (χ0v) is 14.7. The van der Waals surface area contributed by atoms with Gasteiger partial charge in [0.1, 0.15) is 0 Å². The maximum atomic E-state index is 12.9. The molecule has 1 aliphatic heterocycles. The number of hydrogen-bond acceptors (Lipinski definition) is 4. The van der Waals surface area contributed by atoms with Crippen LogP contribution in [0.1, 0.15) is 38.2 Å². The molecule has 0 radical (unpaired) electrons. The third kappa shape index (κ3) is 3.22. The molecule has 2 N–H and O–H groups in total. The largest absolute Gasteiger partial charge is 0.493 e. The summed E-state index contributed by atoms with van der Waals surface area (Å²) in [6.45, 7) is 4.86. The van der Waals surface area contributed by atoms with Crippen molar-refractivity contribution in [3.05, 3.63) is 23.8 Å². The van der Waals surface area contributed by atoms with Gasteiger partial charge in [0.25, 0.3) is 0 Å². The van der Waals surface area contributed by atoms with Crippen molar-refractivity contribution in [2.24, 2.45) is 11.3 Å². The van der Waals surface area contributed by atoms with E-state index in [-0.39, 0.29) is 11.3 Å². The third-order valence-electron chi connectivity index (χ3n) is 5.47. The number of amides is 1. The van der Waals surface area contributed by atoms with E-state index < -0.39 is 0 Å². The minimum atomic E-state index is -0.201. The number of carbonyl (C=O) groups is 1. The quantitative estimate of drug-likeness (QED) is 0.840. The number of carbonyl (C=O) groups excluding carboxylic acids is 1. The first-order valence-corrected chi connectivity index (χ1v) is 8.98. The lowest BCUT2D eigenvalue weighted by atomic mass is 9.67. The van der Waals surface area contributed by atoms with Crippen LogP contribution < -0.4 is 20.1 Å². The van der Waals surface area contributed by atoms with E-state index in [0.717, 1.165) is 43.7 Å². The highest BCUT2D eigenvalue weighted by Crippen LogP contribution is 2.44. The van der Waals surface area contributed by atoms with Gasteiger partial charge in [0.2, 0.25) is 5.91 Å². The first-order chi connectivity index (χ1) is 11.7. The van der Waals surface area contributed by atoms with Gasteiger partial charge in [-0.1, -0.05) is 18.9 Å². The molecule has 2 fully saturated rings. The van der Waals surface area contributed by atoms with E-state index >= 15 is 0 Å². The molecule has 24 heavy (non-hydrogen) atoms. The number of methoxy groups -OCH3 is 1. The third-order valence-corrected chi connectivity index (χ3v) is 5.47. The summed E-state index contributed by atoms with van der Waals surface area (Å²) in [5, 5.41) is 6.58. The number of rotatable bonds is 6. The fraction of sp³-hybridized carbons (Fsp3) is 0.632. The van der Waals surface area contributed by atoms with E-state index in [2.05, 4.69) is 10.6 Å². The lowest BCUT2D eigenvalue weighted by Crippen LogP contribution is -2.47. The van der Waals surface area contributed by atoms with Crippen molar-refractivity contribution in [3.8, 4) is 11.5 Å². The van der Waals surface area contributed by atoms with Gasteiger partial charge in [0.15, 0.2) is 11.5 Å². The second-order valence-corrected chi connectivity index (χ2v) is 6.83. The lowest BCUT2D eigenvalue weighted by molar-refractivity contribution is -0.134. The molecule has 5 nitrogen and oxygen atoms in total. The second-order valence-electron chi connectivity index (χ2n) is 6.83. The number of nitrogens with one attached hydrogen (secondary N) is 2. The maximum Gasteiger partial charge on any atom is 0.228 e. The van der Waals surface area contributed by atoms with Crippen LogP contribution in [0.3, 0.4) is 0 Å². The summed E-state index contributed by atoms with van der Waals surface area (Å²) in [5.41, 5.74) is 0.825. The van der Waals surface area contributed by atoms with Crippen LogP contribution in [0.4, 0.5) is 0 Å². The van der Waals surface area contributed by atoms with Crippen LogP contribution >= 0.6 is 0 Å². The highest BCUT2D eigenvalue weighted by molar-refractivity contribution is 5.83. The zero-order valence-electron chi connectivity index (χ0n) is 14.7. The summed E-state index contributed by atoms with van der Waals surface area (Å²) in [4.78, 5) is 12.9. The summed E-state index contributed by atoms with van der Waals surface area (Å²) in [5.74, 6) is 2.13. The monoisotopic (exact) mass is 332 g/mol. The topological polar surface area (TPSA) is 59.6 Å². The number of hydrogen-bond donors (Lipinski definition) is 2. The molecule has 0 aromatic heterocycles. The predicted octanol–water partition coefficient (Wildman–Crippen LogP) is 2.49. The van der Waals surface area contributed by atoms with Crippen molar-refractivity contribution in [1.82, 2.24) is 10.6 Å². The van der Waals surface area contributed by atoms with Crippen LogP contribution in [0.2, 0.25) is 0 Å².